The van der Waals surface area contributed by atoms with Crippen LogP contribution in [0.25, 0.3) is 5.65 Å². The Morgan fingerprint density at radius 3 is 2.67 bits per heavy atom. The Kier molecular flexibility index (Phi) is 5.75. The third-order valence-electron chi connectivity index (χ3n) is 5.46. The Balaban J connectivity index is 1.21. The summed E-state index contributed by atoms with van der Waals surface area (Å²) in [4.78, 5) is 12.4. The van der Waals surface area contributed by atoms with E-state index in [1.807, 2.05) is 54.6 Å². The summed E-state index contributed by atoms with van der Waals surface area (Å²) in [6, 6.07) is 17.4. The molecule has 5 rings (SSSR count). The summed E-state index contributed by atoms with van der Waals surface area (Å²) in [5, 5.41) is 19.2. The van der Waals surface area contributed by atoms with Crippen LogP contribution in [0.2, 0.25) is 0 Å². The van der Waals surface area contributed by atoms with Gasteiger partial charge in [-0.3, -0.25) is 4.79 Å². The molecule has 2 aromatic heterocycles. The van der Waals surface area contributed by atoms with Crippen molar-refractivity contribution in [2.75, 3.05) is 17.4 Å². The second kappa shape index (κ2) is 9.15. The fourth-order valence-corrected chi connectivity index (χ4v) is 3.60. The van der Waals surface area contributed by atoms with E-state index in [0.29, 0.717) is 30.3 Å². The topological polar surface area (TPSA) is 103 Å². The fourth-order valence-electron chi connectivity index (χ4n) is 3.60. The zero-order valence-electron chi connectivity index (χ0n) is 18.2. The quantitative estimate of drug-likeness (QED) is 0.428. The summed E-state index contributed by atoms with van der Waals surface area (Å²) in [6.45, 7) is 2.93. The van der Waals surface area contributed by atoms with Crippen molar-refractivity contribution in [3.05, 3.63) is 71.5 Å². The van der Waals surface area contributed by atoms with E-state index in [1.165, 1.54) is 5.56 Å². The number of benzene rings is 2. The minimum Gasteiger partial charge on any atom is -0.454 e. The number of amides is 1. The molecule has 0 atom stereocenters. The highest BCUT2D eigenvalue weighted by molar-refractivity contribution is 5.90. The molecule has 33 heavy (non-hydrogen) atoms. The molecule has 9 nitrogen and oxygen atoms in total. The molecule has 9 heteroatoms. The average Bonchev–Trinajstić information content (AvgIpc) is 3.48. The Morgan fingerprint density at radius 1 is 1.00 bits per heavy atom. The van der Waals surface area contributed by atoms with Gasteiger partial charge in [-0.15, -0.1) is 15.3 Å². The Labute approximate surface area is 190 Å². The minimum absolute atomic E-state index is 0.0758. The smallest absolute Gasteiger partial charge is 0.231 e. The van der Waals surface area contributed by atoms with E-state index in [9.17, 15) is 4.79 Å². The molecule has 1 aliphatic rings. The van der Waals surface area contributed by atoms with Crippen LogP contribution in [0.4, 0.5) is 11.5 Å². The molecule has 0 spiro atoms. The van der Waals surface area contributed by atoms with Crippen LogP contribution in [0, 0.1) is 0 Å². The van der Waals surface area contributed by atoms with Gasteiger partial charge in [0.05, 0.1) is 0 Å². The molecule has 4 aromatic rings. The van der Waals surface area contributed by atoms with Gasteiger partial charge < -0.3 is 20.1 Å². The second-order valence-corrected chi connectivity index (χ2v) is 7.74. The number of ether oxygens (including phenoxy) is 2. The summed E-state index contributed by atoms with van der Waals surface area (Å²) in [7, 11) is 0. The molecule has 0 radical (unpaired) electrons. The summed E-state index contributed by atoms with van der Waals surface area (Å²) in [6.07, 6.45) is 1.68. The summed E-state index contributed by atoms with van der Waals surface area (Å²) >= 11 is 0. The molecule has 168 valence electrons. The van der Waals surface area contributed by atoms with Gasteiger partial charge in [0.2, 0.25) is 12.7 Å². The van der Waals surface area contributed by atoms with Crippen LogP contribution in [0.1, 0.15) is 30.3 Å². The zero-order valence-corrected chi connectivity index (χ0v) is 18.2. The number of aromatic nitrogens is 4. The lowest BCUT2D eigenvalue weighted by atomic mass is 10.1. The first-order chi connectivity index (χ1) is 16.2. The van der Waals surface area contributed by atoms with Crippen LogP contribution in [-0.2, 0) is 24.2 Å². The van der Waals surface area contributed by atoms with Crippen LogP contribution in [-0.4, -0.2) is 32.5 Å². The molecule has 1 amide bonds. The van der Waals surface area contributed by atoms with Crippen molar-refractivity contribution in [2.24, 2.45) is 0 Å². The predicted molar refractivity (Wildman–Crippen MR) is 123 cm³/mol. The van der Waals surface area contributed by atoms with Gasteiger partial charge in [0.25, 0.3) is 0 Å². The zero-order chi connectivity index (χ0) is 22.6. The van der Waals surface area contributed by atoms with Crippen LogP contribution < -0.4 is 20.1 Å². The van der Waals surface area contributed by atoms with Crippen molar-refractivity contribution >= 4 is 23.1 Å². The number of carbonyl (C=O) groups is 1. The fraction of sp³-hybridized carbons (Fsp3) is 0.250. The van der Waals surface area contributed by atoms with Crippen LogP contribution in [0.15, 0.2) is 54.6 Å². The summed E-state index contributed by atoms with van der Waals surface area (Å²) < 4.78 is 12.5. The molecule has 2 aromatic carbocycles. The molecule has 0 aliphatic carbocycles. The van der Waals surface area contributed by atoms with Gasteiger partial charge >= 0.3 is 0 Å². The number of nitrogens with one attached hydrogen (secondary N) is 2. The maximum absolute atomic E-state index is 12.4. The molecule has 0 unspecified atom stereocenters. The molecule has 1 aliphatic heterocycles. The number of carbonyl (C=O) groups excluding carboxylic acids is 1. The van der Waals surface area contributed by atoms with E-state index in [1.54, 1.807) is 4.52 Å². The van der Waals surface area contributed by atoms with Crippen LogP contribution >= 0.6 is 0 Å². The lowest BCUT2D eigenvalue weighted by Gasteiger charge is -2.08. The lowest BCUT2D eigenvalue weighted by molar-refractivity contribution is -0.116. The average molecular weight is 444 g/mol. The Hall–Kier alpha value is -4.14. The Morgan fingerprint density at radius 2 is 1.82 bits per heavy atom. The van der Waals surface area contributed by atoms with Crippen molar-refractivity contribution in [1.82, 2.24) is 19.8 Å². The highest BCUT2D eigenvalue weighted by Gasteiger charge is 2.14. The predicted octanol–water partition coefficient (Wildman–Crippen LogP) is 3.60. The third kappa shape index (κ3) is 4.72. The highest BCUT2D eigenvalue weighted by atomic mass is 16.7. The van der Waals surface area contributed by atoms with Gasteiger partial charge in [-0.2, -0.15) is 4.52 Å². The molecule has 0 saturated heterocycles. The second-order valence-electron chi connectivity index (χ2n) is 7.74. The molecule has 0 bridgehead atoms. The van der Waals surface area contributed by atoms with Crippen molar-refractivity contribution in [2.45, 2.75) is 32.7 Å². The number of fused-ring (bicyclic) bond motifs is 2. The van der Waals surface area contributed by atoms with E-state index in [4.69, 9.17) is 9.47 Å². The maximum Gasteiger partial charge on any atom is 0.231 e. The van der Waals surface area contributed by atoms with Gasteiger partial charge in [-0.1, -0.05) is 25.1 Å². The standard InChI is InChI=1S/C24H24N6O3/c1-2-16-3-6-18(7-4-16)26-24(31)12-11-23-28-27-22-10-9-21(29-30(22)23)25-14-17-5-8-19-20(13-17)33-15-32-19/h3-10,13H,2,11-12,14-15H2,1H3,(H,25,29)(H,26,31). The third-order valence-corrected chi connectivity index (χ3v) is 5.46. The highest BCUT2D eigenvalue weighted by Crippen LogP contribution is 2.32. The first kappa shape index (κ1) is 20.7. The van der Waals surface area contributed by atoms with E-state index < -0.39 is 0 Å². The van der Waals surface area contributed by atoms with E-state index >= 15 is 0 Å². The van der Waals surface area contributed by atoms with Gasteiger partial charge in [0.15, 0.2) is 23.0 Å². The molecular weight excluding hydrogens is 420 g/mol. The van der Waals surface area contributed by atoms with Crippen molar-refractivity contribution < 1.29 is 14.3 Å². The normalized spacial score (nSPS) is 12.2. The van der Waals surface area contributed by atoms with Crippen LogP contribution in [0.3, 0.4) is 0 Å². The molecule has 0 saturated carbocycles. The number of rotatable bonds is 8. The van der Waals surface area contributed by atoms with Gasteiger partial charge in [-0.05, 0) is 53.9 Å². The van der Waals surface area contributed by atoms with E-state index in [-0.39, 0.29) is 19.1 Å². The minimum atomic E-state index is -0.0758. The number of nitrogens with zero attached hydrogens (tertiary/aromatic N) is 4. The van der Waals surface area contributed by atoms with Gasteiger partial charge in [-0.25, -0.2) is 0 Å². The first-order valence-electron chi connectivity index (χ1n) is 10.9. The molecule has 0 fully saturated rings. The number of anilines is 2. The summed E-state index contributed by atoms with van der Waals surface area (Å²) in [5.41, 5.74) is 3.70. The monoisotopic (exact) mass is 444 g/mol. The van der Waals surface area contributed by atoms with Crippen molar-refractivity contribution in [1.29, 1.82) is 0 Å². The number of aryl methyl sites for hydroxylation is 2. The van der Waals surface area contributed by atoms with E-state index in [2.05, 4.69) is 32.9 Å². The Bertz CT molecular complexity index is 1290. The number of hydrogen-bond acceptors (Lipinski definition) is 7. The lowest BCUT2D eigenvalue weighted by Crippen LogP contribution is -2.13. The van der Waals surface area contributed by atoms with Gasteiger partial charge in [0.1, 0.15) is 5.82 Å². The molecule has 3 heterocycles. The molecular formula is C24H24N6O3. The first-order valence-corrected chi connectivity index (χ1v) is 10.9. The van der Waals surface area contributed by atoms with Crippen LogP contribution in [0.5, 0.6) is 11.5 Å². The summed E-state index contributed by atoms with van der Waals surface area (Å²) in [5.74, 6) is 2.75. The van der Waals surface area contributed by atoms with Gasteiger partial charge in [0, 0.05) is 25.1 Å². The largest absolute Gasteiger partial charge is 0.454 e. The SMILES string of the molecule is CCc1ccc(NC(=O)CCc2nnc3ccc(NCc4ccc5c(c4)OCO5)nn23)cc1. The molecule has 2 N–H and O–H groups in total. The number of hydrogen-bond donors (Lipinski definition) is 2. The van der Waals surface area contributed by atoms with Crippen molar-refractivity contribution in [3.63, 3.8) is 0 Å². The van der Waals surface area contributed by atoms with E-state index in [0.717, 1.165) is 29.2 Å². The van der Waals surface area contributed by atoms with Crippen molar-refractivity contribution in [3.8, 4) is 11.5 Å². The maximum atomic E-state index is 12.4.